The lowest BCUT2D eigenvalue weighted by Crippen LogP contribution is -2.68. The van der Waals surface area contributed by atoms with Crippen LogP contribution in [0.4, 0.5) is 0 Å². The first-order chi connectivity index (χ1) is 37.8. The Labute approximate surface area is 471 Å². The third-order valence-electron chi connectivity index (χ3n) is 15.7. The van der Waals surface area contributed by atoms with E-state index in [4.69, 9.17) is 18.9 Å². The maximum Gasteiger partial charge on any atom is 0.364 e. The van der Waals surface area contributed by atoms with Crippen molar-refractivity contribution < 1.29 is 94.6 Å². The van der Waals surface area contributed by atoms with E-state index in [0.717, 1.165) is 57.3 Å². The van der Waals surface area contributed by atoms with Gasteiger partial charge in [-0.05, 0) is 18.8 Å². The molecule has 0 saturated carbocycles. The first-order valence-electron chi connectivity index (χ1n) is 30.6. The van der Waals surface area contributed by atoms with Gasteiger partial charge >= 0.3 is 5.97 Å². The molecule has 2 saturated heterocycles. The Morgan fingerprint density at radius 1 is 0.620 bits per heavy atom. The van der Waals surface area contributed by atoms with E-state index in [0.29, 0.717) is 12.8 Å². The lowest BCUT2D eigenvalue weighted by molar-refractivity contribution is -0.339. The van der Waals surface area contributed by atoms with Crippen LogP contribution in [0.15, 0.2) is 0 Å². The number of aliphatic carboxylic acids is 1. The van der Waals surface area contributed by atoms with Crippen LogP contribution in [0, 0.1) is 5.92 Å². The zero-order valence-electron chi connectivity index (χ0n) is 48.3. The van der Waals surface area contributed by atoms with Gasteiger partial charge in [0.1, 0.15) is 61.5 Å². The van der Waals surface area contributed by atoms with Gasteiger partial charge in [-0.25, -0.2) is 4.79 Å². The molecule has 2 aliphatic rings. The molecule has 0 spiro atoms. The van der Waals surface area contributed by atoms with E-state index in [1.807, 2.05) is 0 Å². The lowest BCUT2D eigenvalue weighted by atomic mass is 9.88. The quantitative estimate of drug-likeness (QED) is 0.0378. The summed E-state index contributed by atoms with van der Waals surface area (Å²) < 4.78 is 22.8. The average molecular weight is 1140 g/mol. The highest BCUT2D eigenvalue weighted by Gasteiger charge is 2.57. The SMILES string of the molecule is CCCCCCCCCCCCCCCCCCCC[C@@H](O)C(=O)N[C@@H](CO[C@@H]1O[C@H](CO[C@]2(C(=O)O)C[C@H](O)C(NC(=O)CO)[C@H]([C@H](O)[C@H](O)CO)O2)[C@@H](O)[C@H](O)[C@H]1O)[C@H](O)[C@H](O)CCCCCCCCCCCCC(C)C. The maximum atomic E-state index is 13.5. The summed E-state index contributed by atoms with van der Waals surface area (Å²) in [6.07, 6.45) is 10.8. The second kappa shape index (κ2) is 42.6. The van der Waals surface area contributed by atoms with Crippen molar-refractivity contribution in [2.75, 3.05) is 26.4 Å². The third kappa shape index (κ3) is 28.8. The Kier molecular flexibility index (Phi) is 39.3. The van der Waals surface area contributed by atoms with E-state index < -0.39 is 142 Å². The molecule has 0 aromatic carbocycles. The minimum absolute atomic E-state index is 0.142. The number of aliphatic hydroxyl groups excluding tert-OH is 11. The second-order valence-electron chi connectivity index (χ2n) is 23.1. The molecule has 0 aromatic heterocycles. The van der Waals surface area contributed by atoms with Crippen molar-refractivity contribution in [2.24, 2.45) is 5.92 Å². The second-order valence-corrected chi connectivity index (χ2v) is 23.1. The fourth-order valence-corrected chi connectivity index (χ4v) is 10.5. The molecule has 21 nitrogen and oxygen atoms in total. The summed E-state index contributed by atoms with van der Waals surface area (Å²) in [6.45, 7) is 2.98. The highest BCUT2D eigenvalue weighted by atomic mass is 16.7. The van der Waals surface area contributed by atoms with Crippen LogP contribution >= 0.6 is 0 Å². The number of hydrogen-bond donors (Lipinski definition) is 14. The van der Waals surface area contributed by atoms with Crippen LogP contribution in [0.2, 0.25) is 0 Å². The van der Waals surface area contributed by atoms with E-state index in [-0.39, 0.29) is 12.8 Å². The smallest absolute Gasteiger partial charge is 0.364 e. The number of hydrogen-bond acceptors (Lipinski definition) is 18. The molecular formula is C58H110N2O19. The number of carbonyl (C=O) groups excluding carboxylic acids is 2. The van der Waals surface area contributed by atoms with E-state index in [1.54, 1.807) is 0 Å². The van der Waals surface area contributed by atoms with Crippen molar-refractivity contribution >= 4 is 17.8 Å². The Morgan fingerprint density at radius 3 is 1.54 bits per heavy atom. The van der Waals surface area contributed by atoms with Crippen LogP contribution in [-0.4, -0.2) is 197 Å². The molecule has 14 N–H and O–H groups in total. The number of ether oxygens (including phenoxy) is 4. The van der Waals surface area contributed by atoms with Crippen molar-refractivity contribution in [1.82, 2.24) is 10.6 Å². The molecule has 1 unspecified atom stereocenters. The summed E-state index contributed by atoms with van der Waals surface area (Å²) >= 11 is 0. The molecule has 79 heavy (non-hydrogen) atoms. The van der Waals surface area contributed by atoms with Crippen LogP contribution in [0.25, 0.3) is 0 Å². The van der Waals surface area contributed by atoms with E-state index >= 15 is 0 Å². The molecule has 21 heteroatoms. The van der Waals surface area contributed by atoms with Crippen LogP contribution in [-0.2, 0) is 33.3 Å². The molecule has 2 fully saturated rings. The topological polar surface area (TPSA) is 355 Å². The van der Waals surface area contributed by atoms with Crippen molar-refractivity contribution in [1.29, 1.82) is 0 Å². The summed E-state index contributed by atoms with van der Waals surface area (Å²) in [6, 6.07) is -3.03. The van der Waals surface area contributed by atoms with Gasteiger partial charge in [-0.1, -0.05) is 207 Å². The van der Waals surface area contributed by atoms with Gasteiger partial charge in [0.2, 0.25) is 11.8 Å². The molecule has 2 heterocycles. The minimum Gasteiger partial charge on any atom is -0.477 e. The van der Waals surface area contributed by atoms with Gasteiger partial charge in [-0.15, -0.1) is 0 Å². The molecule has 0 bridgehead atoms. The summed E-state index contributed by atoms with van der Waals surface area (Å²) in [5.41, 5.74) is 0. The van der Waals surface area contributed by atoms with Gasteiger partial charge in [0.15, 0.2) is 6.29 Å². The molecule has 0 aromatic rings. The van der Waals surface area contributed by atoms with Crippen molar-refractivity contribution in [3.63, 3.8) is 0 Å². The molecule has 466 valence electrons. The van der Waals surface area contributed by atoms with Gasteiger partial charge in [-0.2, -0.15) is 0 Å². The van der Waals surface area contributed by atoms with Crippen LogP contribution < -0.4 is 10.6 Å². The standard InChI is InChI=1S/C58H110N2O19/c1-4-5-6-7-8-9-10-11-12-13-14-15-16-17-22-25-28-31-34-43(64)55(73)59-41(49(68)42(63)33-30-27-24-21-19-18-20-23-26-29-32-40(2)3)38-76-56-53(72)52(71)51(70)46(78-56)39-77-58(57(74)75)35-44(65)48(60-47(67)37-62)54(79-58)50(69)45(66)36-61/h40-46,48-54,56,61-66,68-72H,4-39H2,1-3H3,(H,59,73)(H,60,67)(H,74,75)/t41-,42+,43+,44-,45+,46+,48?,49-,50+,51+,52-,53+,54+,56+,58+/m0/s1. The number of aliphatic hydroxyl groups is 11. The Hall–Kier alpha value is -2.19. The normalized spacial score (nSPS) is 25.9. The third-order valence-corrected chi connectivity index (χ3v) is 15.7. The molecule has 2 rings (SSSR count). The van der Waals surface area contributed by atoms with E-state index in [2.05, 4.69) is 31.4 Å². The summed E-state index contributed by atoms with van der Waals surface area (Å²) in [7, 11) is 0. The largest absolute Gasteiger partial charge is 0.477 e. The van der Waals surface area contributed by atoms with Gasteiger partial charge in [0.25, 0.3) is 5.79 Å². The van der Waals surface area contributed by atoms with Gasteiger partial charge in [-0.3, -0.25) is 9.59 Å². The Balaban J connectivity index is 2.04. The van der Waals surface area contributed by atoms with Crippen molar-refractivity contribution in [2.45, 2.75) is 318 Å². The van der Waals surface area contributed by atoms with Gasteiger partial charge < -0.3 is 90.9 Å². The monoisotopic (exact) mass is 1140 g/mol. The van der Waals surface area contributed by atoms with E-state index in [1.165, 1.54) is 122 Å². The predicted molar refractivity (Wildman–Crippen MR) is 296 cm³/mol. The van der Waals surface area contributed by atoms with Gasteiger partial charge in [0, 0.05) is 6.42 Å². The highest BCUT2D eigenvalue weighted by Crippen LogP contribution is 2.35. The number of carboxylic acids is 1. The first-order valence-corrected chi connectivity index (χ1v) is 30.6. The number of amides is 2. The number of carbonyl (C=O) groups is 3. The molecule has 0 aliphatic carbocycles. The number of carboxylic acid groups (broad SMARTS) is 1. The fourth-order valence-electron chi connectivity index (χ4n) is 10.5. The van der Waals surface area contributed by atoms with Gasteiger partial charge in [0.05, 0.1) is 44.1 Å². The predicted octanol–water partition coefficient (Wildman–Crippen LogP) is 4.29. The number of unbranched alkanes of at least 4 members (excludes halogenated alkanes) is 26. The summed E-state index contributed by atoms with van der Waals surface area (Å²) in [5.74, 6) is -5.95. The zero-order chi connectivity index (χ0) is 58.6. The molecule has 15 atom stereocenters. The average Bonchev–Trinajstić information content (AvgIpc) is 3.47. The fraction of sp³-hybridized carbons (Fsp3) is 0.948. The molecule has 0 radical (unpaired) electrons. The first kappa shape index (κ1) is 72.9. The molecule has 2 amide bonds. The zero-order valence-corrected chi connectivity index (χ0v) is 48.3. The van der Waals surface area contributed by atoms with Crippen LogP contribution in [0.1, 0.15) is 226 Å². The van der Waals surface area contributed by atoms with Crippen molar-refractivity contribution in [3.05, 3.63) is 0 Å². The lowest BCUT2D eigenvalue weighted by Gasteiger charge is -2.47. The van der Waals surface area contributed by atoms with E-state index in [9.17, 15) is 75.7 Å². The van der Waals surface area contributed by atoms with Crippen LogP contribution in [0.3, 0.4) is 0 Å². The van der Waals surface area contributed by atoms with Crippen molar-refractivity contribution in [3.8, 4) is 0 Å². The maximum absolute atomic E-state index is 13.5. The summed E-state index contributed by atoms with van der Waals surface area (Å²) in [4.78, 5) is 38.3. The Morgan fingerprint density at radius 2 is 1.09 bits per heavy atom. The van der Waals surface area contributed by atoms with Crippen LogP contribution in [0.5, 0.6) is 0 Å². The highest BCUT2D eigenvalue weighted by molar-refractivity contribution is 5.80. The number of nitrogens with one attached hydrogen (secondary N) is 2. The summed E-state index contributed by atoms with van der Waals surface area (Å²) in [5, 5.41) is 132. The minimum atomic E-state index is -2.89. The Bertz CT molecular complexity index is 1570. The molecule has 2 aliphatic heterocycles. The molecular weight excluding hydrogens is 1030 g/mol. The number of rotatable bonds is 48.